The van der Waals surface area contributed by atoms with Crippen molar-refractivity contribution in [1.82, 2.24) is 4.98 Å². The number of aliphatic hydroxyl groups is 1. The first kappa shape index (κ1) is 27.7. The molecule has 1 aliphatic carbocycles. The number of nitrogens with zero attached hydrogens (tertiary/aromatic N) is 1. The maximum Gasteiger partial charge on any atom is 0.355 e. The molecule has 1 aliphatic heterocycles. The molecular weight excluding hydrogens is 470 g/mol. The average molecular weight is 512 g/mol. The fraction of sp³-hybridized carbons (Fsp3) is 0.769. The zero-order valence-corrected chi connectivity index (χ0v) is 22.2. The van der Waals surface area contributed by atoms with Crippen LogP contribution in [0.15, 0.2) is 21.9 Å². The Bertz CT molecular complexity index is 779. The molecule has 2 heterocycles. The molecule has 34 heavy (non-hydrogen) atoms. The van der Waals surface area contributed by atoms with Gasteiger partial charge in [0.05, 0.1) is 11.7 Å². The van der Waals surface area contributed by atoms with Gasteiger partial charge in [-0.25, -0.2) is 9.78 Å². The van der Waals surface area contributed by atoms with Gasteiger partial charge >= 0.3 is 5.97 Å². The van der Waals surface area contributed by atoms with Gasteiger partial charge in [0.1, 0.15) is 0 Å². The van der Waals surface area contributed by atoms with Gasteiger partial charge in [-0.3, -0.25) is 0 Å². The second-order valence-corrected chi connectivity index (χ2v) is 12.1. The number of hydrogen-bond acceptors (Lipinski definition) is 7. The molecule has 2 N–H and O–H groups in total. The molecule has 192 valence electrons. The van der Waals surface area contributed by atoms with Crippen molar-refractivity contribution in [1.29, 1.82) is 0 Å². The van der Waals surface area contributed by atoms with E-state index in [0.29, 0.717) is 5.92 Å². The third-order valence-electron chi connectivity index (χ3n) is 7.01. The molecule has 1 saturated carbocycles. The predicted molar refractivity (Wildman–Crippen MR) is 138 cm³/mol. The molecule has 1 aromatic heterocycles. The summed E-state index contributed by atoms with van der Waals surface area (Å²) in [6.45, 7) is 5.25. The summed E-state index contributed by atoms with van der Waals surface area (Å²) in [5.41, 5.74) is -0.111. The number of thioether (sulfide) groups is 1. The fourth-order valence-electron chi connectivity index (χ4n) is 5.00. The van der Waals surface area contributed by atoms with E-state index in [-0.39, 0.29) is 29.6 Å². The third kappa shape index (κ3) is 8.63. The van der Waals surface area contributed by atoms with Crippen LogP contribution < -0.4 is 0 Å². The predicted octanol–water partition coefficient (Wildman–Crippen LogP) is 6.54. The van der Waals surface area contributed by atoms with E-state index in [0.717, 1.165) is 68.1 Å². The van der Waals surface area contributed by atoms with E-state index in [9.17, 15) is 9.90 Å². The number of ether oxygens (including phenoxy) is 2. The summed E-state index contributed by atoms with van der Waals surface area (Å²) < 4.78 is 13.1. The van der Waals surface area contributed by atoms with E-state index >= 15 is 0 Å². The Balaban J connectivity index is 1.52. The Morgan fingerprint density at radius 2 is 2.21 bits per heavy atom. The Kier molecular flexibility index (Phi) is 11.4. The van der Waals surface area contributed by atoms with Crippen molar-refractivity contribution in [3.8, 4) is 0 Å². The summed E-state index contributed by atoms with van der Waals surface area (Å²) in [7, 11) is 0. The van der Waals surface area contributed by atoms with Crippen LogP contribution in [-0.2, 0) is 9.47 Å². The zero-order chi connectivity index (χ0) is 24.4. The number of aromatic carboxylic acids is 1. The lowest BCUT2D eigenvalue weighted by molar-refractivity contribution is -0.221. The van der Waals surface area contributed by atoms with Gasteiger partial charge in [0.25, 0.3) is 0 Å². The second-order valence-electron chi connectivity index (χ2n) is 9.87. The summed E-state index contributed by atoms with van der Waals surface area (Å²) >= 11 is 2.95. The van der Waals surface area contributed by atoms with Crippen LogP contribution in [0, 0.1) is 11.8 Å². The van der Waals surface area contributed by atoms with Gasteiger partial charge in [0, 0.05) is 17.7 Å². The first-order chi connectivity index (χ1) is 16.4. The van der Waals surface area contributed by atoms with Gasteiger partial charge in [-0.1, -0.05) is 50.1 Å². The second kappa shape index (κ2) is 14.0. The minimum absolute atomic E-state index is 0.0839. The van der Waals surface area contributed by atoms with Crippen LogP contribution in [0.4, 0.5) is 0 Å². The lowest BCUT2D eigenvalue weighted by atomic mass is 9.89. The van der Waals surface area contributed by atoms with Crippen molar-refractivity contribution in [2.75, 3.05) is 12.4 Å². The Morgan fingerprint density at radius 3 is 2.91 bits per heavy atom. The van der Waals surface area contributed by atoms with E-state index in [1.165, 1.54) is 30.6 Å². The summed E-state index contributed by atoms with van der Waals surface area (Å²) in [5, 5.41) is 21.2. The largest absolute Gasteiger partial charge is 0.476 e. The highest BCUT2D eigenvalue weighted by atomic mass is 32.2. The number of rotatable bonds is 14. The molecule has 6 nitrogen and oxygen atoms in total. The van der Waals surface area contributed by atoms with Crippen LogP contribution >= 0.6 is 23.1 Å². The van der Waals surface area contributed by atoms with Gasteiger partial charge in [-0.2, -0.15) is 0 Å². The number of hydrogen-bond donors (Lipinski definition) is 2. The normalized spacial score (nSPS) is 27.3. The van der Waals surface area contributed by atoms with E-state index in [2.05, 4.69) is 31.0 Å². The SMILES string of the molecule is CCCCCC(C)(C/C=C/[C@H]1CC[C@H](O)[C@@H]1CCSc1nc(C(=O)O)cs1)OC1CCCCO1. The van der Waals surface area contributed by atoms with Crippen molar-refractivity contribution in [3.05, 3.63) is 23.2 Å². The molecule has 1 aromatic rings. The minimum atomic E-state index is -0.986. The van der Waals surface area contributed by atoms with Gasteiger partial charge in [0.2, 0.25) is 0 Å². The molecule has 0 amide bonds. The van der Waals surface area contributed by atoms with Crippen molar-refractivity contribution >= 4 is 29.1 Å². The summed E-state index contributed by atoms with van der Waals surface area (Å²) in [6, 6.07) is 0. The first-order valence-corrected chi connectivity index (χ1v) is 14.7. The standard InChI is InChI=1S/C26H41NO5S2/c1-3-4-6-14-26(2,32-23-10-5-7-16-31-23)15-8-9-19-11-12-22(28)20(19)13-17-33-25-27-21(18-34-25)24(29)30/h8-9,18-20,22-23,28H,3-7,10-17H2,1-2H3,(H,29,30)/b9-8+/t19-,20+,22-,23?,26?/m0/s1. The first-order valence-electron chi connectivity index (χ1n) is 12.9. The van der Waals surface area contributed by atoms with Gasteiger partial charge in [-0.15, -0.1) is 11.3 Å². The van der Waals surface area contributed by atoms with E-state index in [1.807, 2.05) is 0 Å². The van der Waals surface area contributed by atoms with E-state index in [1.54, 1.807) is 17.1 Å². The highest BCUT2D eigenvalue weighted by molar-refractivity contribution is 8.01. The summed E-state index contributed by atoms with van der Waals surface area (Å²) in [5.74, 6) is 0.444. The number of aromatic nitrogens is 1. The molecule has 0 aromatic carbocycles. The molecule has 1 saturated heterocycles. The Labute approximate surface area is 212 Å². The molecule has 3 rings (SSSR count). The molecule has 0 spiro atoms. The maximum absolute atomic E-state index is 11.0. The smallest absolute Gasteiger partial charge is 0.355 e. The van der Waals surface area contributed by atoms with Gasteiger partial charge in [0.15, 0.2) is 16.3 Å². The highest BCUT2D eigenvalue weighted by Crippen LogP contribution is 2.38. The fourth-order valence-corrected chi connectivity index (χ4v) is 6.91. The minimum Gasteiger partial charge on any atom is -0.476 e. The lowest BCUT2D eigenvalue weighted by Crippen LogP contribution is -2.36. The van der Waals surface area contributed by atoms with Crippen molar-refractivity contribution in [2.45, 2.75) is 107 Å². The Hall–Kier alpha value is -0.930. The summed E-state index contributed by atoms with van der Waals surface area (Å²) in [4.78, 5) is 15.2. The molecule has 5 atom stereocenters. The summed E-state index contributed by atoms with van der Waals surface area (Å²) in [6.07, 6.45) is 15.7. The number of carboxylic acid groups (broad SMARTS) is 1. The average Bonchev–Trinajstić information content (AvgIpc) is 3.42. The number of carboxylic acids is 1. The molecular formula is C26H41NO5S2. The number of carbonyl (C=O) groups is 1. The maximum atomic E-state index is 11.0. The van der Waals surface area contributed by atoms with Crippen LogP contribution in [0.3, 0.4) is 0 Å². The molecule has 0 bridgehead atoms. The topological polar surface area (TPSA) is 88.9 Å². The molecule has 0 radical (unpaired) electrons. The van der Waals surface area contributed by atoms with Crippen molar-refractivity contribution in [2.24, 2.45) is 11.8 Å². The molecule has 2 aliphatic rings. The molecule has 2 unspecified atom stereocenters. The van der Waals surface area contributed by atoms with E-state index in [4.69, 9.17) is 14.6 Å². The number of aliphatic hydroxyl groups excluding tert-OH is 1. The van der Waals surface area contributed by atoms with Crippen LogP contribution in [0.1, 0.15) is 95.0 Å². The number of thiazole rings is 1. The van der Waals surface area contributed by atoms with Gasteiger partial charge < -0.3 is 19.7 Å². The van der Waals surface area contributed by atoms with Crippen LogP contribution in [0.2, 0.25) is 0 Å². The van der Waals surface area contributed by atoms with Crippen LogP contribution in [-0.4, -0.2) is 51.5 Å². The molecule has 2 fully saturated rings. The lowest BCUT2D eigenvalue weighted by Gasteiger charge is -2.35. The quantitative estimate of drug-likeness (QED) is 0.166. The van der Waals surface area contributed by atoms with Gasteiger partial charge in [-0.05, 0) is 70.1 Å². The van der Waals surface area contributed by atoms with E-state index < -0.39 is 5.97 Å². The zero-order valence-electron chi connectivity index (χ0n) is 20.6. The van der Waals surface area contributed by atoms with Crippen LogP contribution in [0.5, 0.6) is 0 Å². The Morgan fingerprint density at radius 1 is 1.35 bits per heavy atom. The van der Waals surface area contributed by atoms with Crippen molar-refractivity contribution < 1.29 is 24.5 Å². The number of allylic oxidation sites excluding steroid dienone is 1. The molecule has 8 heteroatoms. The van der Waals surface area contributed by atoms with Crippen LogP contribution in [0.25, 0.3) is 0 Å². The number of unbranched alkanes of at least 4 members (excludes halogenated alkanes) is 2. The van der Waals surface area contributed by atoms with Crippen molar-refractivity contribution in [3.63, 3.8) is 0 Å². The monoisotopic (exact) mass is 511 g/mol. The highest BCUT2D eigenvalue weighted by Gasteiger charge is 2.34. The third-order valence-corrected chi connectivity index (χ3v) is 9.07.